The Morgan fingerprint density at radius 2 is 1.72 bits per heavy atom. The summed E-state index contributed by atoms with van der Waals surface area (Å²) in [6, 6.07) is 21.3. The summed E-state index contributed by atoms with van der Waals surface area (Å²) in [7, 11) is 0. The van der Waals surface area contributed by atoms with E-state index >= 15 is 0 Å². The maximum Gasteiger partial charge on any atom is 0.254 e. The molecule has 0 atom stereocenters. The topological polar surface area (TPSA) is 47.4 Å². The van der Waals surface area contributed by atoms with Crippen molar-refractivity contribution in [3.63, 3.8) is 0 Å². The van der Waals surface area contributed by atoms with Crippen LogP contribution in [0, 0.1) is 0 Å². The second-order valence-corrected chi connectivity index (χ2v) is 6.06. The lowest BCUT2D eigenvalue weighted by Gasteiger charge is -2.27. The van der Waals surface area contributed by atoms with Gasteiger partial charge in [0.1, 0.15) is 6.61 Å². The number of hydrogen-bond donors (Lipinski definition) is 0. The number of amides is 1. The van der Waals surface area contributed by atoms with Gasteiger partial charge in [0.25, 0.3) is 5.91 Å². The van der Waals surface area contributed by atoms with Gasteiger partial charge in [-0.2, -0.15) is 0 Å². The molecule has 5 heteroatoms. The minimum Gasteiger partial charge on any atom is -0.472 e. The number of benzene rings is 2. The summed E-state index contributed by atoms with van der Waals surface area (Å²) in [5, 5.41) is 4.49. The molecule has 1 aliphatic heterocycles. The molecular weight excluding hydrogens is 314 g/mol. The number of ether oxygens (including phenoxy) is 1. The third-order valence-electron chi connectivity index (χ3n) is 4.31. The van der Waals surface area contributed by atoms with E-state index in [4.69, 9.17) is 4.74 Å². The average molecular weight is 333 g/mol. The number of fused-ring (bicyclic) bond motifs is 1. The van der Waals surface area contributed by atoms with Crippen LogP contribution in [0.1, 0.15) is 21.6 Å². The van der Waals surface area contributed by atoms with E-state index in [0.29, 0.717) is 32.1 Å². The minimum absolute atomic E-state index is 0.0554. The first kappa shape index (κ1) is 15.4. The zero-order valence-corrected chi connectivity index (χ0v) is 13.8. The molecule has 0 aliphatic carbocycles. The van der Waals surface area contributed by atoms with Crippen molar-refractivity contribution in [1.82, 2.24) is 14.7 Å². The van der Waals surface area contributed by atoms with E-state index in [2.05, 4.69) is 5.10 Å². The van der Waals surface area contributed by atoms with Crippen LogP contribution in [0.3, 0.4) is 0 Å². The highest BCUT2D eigenvalue weighted by Gasteiger charge is 2.23. The van der Waals surface area contributed by atoms with Gasteiger partial charge in [-0.15, -0.1) is 5.10 Å². The second kappa shape index (κ2) is 6.81. The first-order chi connectivity index (χ1) is 12.3. The lowest BCUT2D eigenvalue weighted by Crippen LogP contribution is -2.38. The molecule has 4 rings (SSSR count). The van der Waals surface area contributed by atoms with Crippen LogP contribution in [0.5, 0.6) is 5.88 Å². The van der Waals surface area contributed by atoms with Gasteiger partial charge < -0.3 is 9.64 Å². The molecule has 0 saturated carbocycles. The molecule has 0 saturated heterocycles. The van der Waals surface area contributed by atoms with E-state index in [-0.39, 0.29) is 5.91 Å². The quantitative estimate of drug-likeness (QED) is 0.737. The molecule has 5 nitrogen and oxygen atoms in total. The Morgan fingerprint density at radius 1 is 1.00 bits per heavy atom. The summed E-state index contributed by atoms with van der Waals surface area (Å²) < 4.78 is 7.72. The molecule has 2 aromatic carbocycles. The summed E-state index contributed by atoms with van der Waals surface area (Å²) in [5.41, 5.74) is 2.82. The normalized spacial score (nSPS) is 13.4. The molecule has 126 valence electrons. The Hall–Kier alpha value is -3.08. The van der Waals surface area contributed by atoms with Gasteiger partial charge in [-0.25, -0.2) is 0 Å². The standard InChI is InChI=1S/C20H19N3O2/c24-20(17-9-5-2-6-10-17)22-11-12-23-18(14-22)13-19(21-23)25-15-16-7-3-1-4-8-16/h1-10,13H,11-12,14-15H2. The summed E-state index contributed by atoms with van der Waals surface area (Å²) in [6.45, 7) is 2.38. The number of hydrogen-bond acceptors (Lipinski definition) is 3. The van der Waals surface area contributed by atoms with Crippen LogP contribution in [0.4, 0.5) is 0 Å². The van der Waals surface area contributed by atoms with Crippen LogP contribution in [0.25, 0.3) is 0 Å². The van der Waals surface area contributed by atoms with E-state index in [1.165, 1.54) is 0 Å². The molecule has 1 aliphatic rings. The largest absolute Gasteiger partial charge is 0.472 e. The predicted octanol–water partition coefficient (Wildman–Crippen LogP) is 3.12. The molecule has 25 heavy (non-hydrogen) atoms. The summed E-state index contributed by atoms with van der Waals surface area (Å²) in [4.78, 5) is 14.4. The Balaban J connectivity index is 1.43. The molecule has 3 aromatic rings. The first-order valence-corrected chi connectivity index (χ1v) is 8.37. The Kier molecular flexibility index (Phi) is 4.21. The second-order valence-electron chi connectivity index (χ2n) is 6.06. The van der Waals surface area contributed by atoms with Crippen LogP contribution in [-0.2, 0) is 19.7 Å². The summed E-state index contributed by atoms with van der Waals surface area (Å²) in [5.74, 6) is 0.660. The maximum absolute atomic E-state index is 12.6. The molecule has 0 spiro atoms. The Bertz CT molecular complexity index is 859. The molecule has 0 fully saturated rings. The van der Waals surface area contributed by atoms with Gasteiger partial charge in [-0.3, -0.25) is 9.48 Å². The van der Waals surface area contributed by atoms with Crippen molar-refractivity contribution in [2.24, 2.45) is 0 Å². The monoisotopic (exact) mass is 333 g/mol. The smallest absolute Gasteiger partial charge is 0.254 e. The van der Waals surface area contributed by atoms with Crippen molar-refractivity contribution in [2.45, 2.75) is 19.7 Å². The van der Waals surface area contributed by atoms with E-state index in [1.54, 1.807) is 0 Å². The van der Waals surface area contributed by atoms with Crippen molar-refractivity contribution < 1.29 is 9.53 Å². The van der Waals surface area contributed by atoms with Crippen molar-refractivity contribution in [2.75, 3.05) is 6.54 Å². The van der Waals surface area contributed by atoms with Crippen LogP contribution in [0.15, 0.2) is 66.7 Å². The van der Waals surface area contributed by atoms with E-state index in [9.17, 15) is 4.79 Å². The average Bonchev–Trinajstić information content (AvgIpc) is 3.09. The van der Waals surface area contributed by atoms with Crippen molar-refractivity contribution >= 4 is 5.91 Å². The molecule has 1 amide bonds. The molecule has 0 N–H and O–H groups in total. The highest BCUT2D eigenvalue weighted by Crippen LogP contribution is 2.20. The number of nitrogens with zero attached hydrogens (tertiary/aromatic N) is 3. The fraction of sp³-hybridized carbons (Fsp3) is 0.200. The van der Waals surface area contributed by atoms with Crippen LogP contribution in [0.2, 0.25) is 0 Å². The Morgan fingerprint density at radius 3 is 2.48 bits per heavy atom. The van der Waals surface area contributed by atoms with Crippen LogP contribution < -0.4 is 4.74 Å². The van der Waals surface area contributed by atoms with E-state index < -0.39 is 0 Å². The zero-order chi connectivity index (χ0) is 17.1. The van der Waals surface area contributed by atoms with Gasteiger partial charge >= 0.3 is 0 Å². The zero-order valence-electron chi connectivity index (χ0n) is 13.8. The lowest BCUT2D eigenvalue weighted by molar-refractivity contribution is 0.0706. The SMILES string of the molecule is O=C(c1ccccc1)N1CCn2nc(OCc3ccccc3)cc2C1. The predicted molar refractivity (Wildman–Crippen MR) is 94.2 cm³/mol. The third kappa shape index (κ3) is 3.40. The van der Waals surface area contributed by atoms with Gasteiger partial charge in [-0.05, 0) is 17.7 Å². The van der Waals surface area contributed by atoms with E-state index in [0.717, 1.165) is 16.8 Å². The fourth-order valence-corrected chi connectivity index (χ4v) is 2.98. The molecular formula is C20H19N3O2. The highest BCUT2D eigenvalue weighted by molar-refractivity contribution is 5.94. The van der Waals surface area contributed by atoms with Gasteiger partial charge in [-0.1, -0.05) is 48.5 Å². The molecule has 1 aromatic heterocycles. The maximum atomic E-state index is 12.6. The van der Waals surface area contributed by atoms with Crippen LogP contribution in [-0.4, -0.2) is 27.1 Å². The van der Waals surface area contributed by atoms with Crippen LogP contribution >= 0.6 is 0 Å². The Labute approximate surface area is 146 Å². The lowest BCUT2D eigenvalue weighted by atomic mass is 10.2. The summed E-state index contributed by atoms with van der Waals surface area (Å²) in [6.07, 6.45) is 0. The van der Waals surface area contributed by atoms with Crippen molar-refractivity contribution in [3.8, 4) is 5.88 Å². The fourth-order valence-electron chi connectivity index (χ4n) is 2.98. The number of carbonyl (C=O) groups is 1. The van der Waals surface area contributed by atoms with Gasteiger partial charge in [0, 0.05) is 18.2 Å². The van der Waals surface area contributed by atoms with Gasteiger partial charge in [0.2, 0.25) is 5.88 Å². The molecule has 0 bridgehead atoms. The third-order valence-corrected chi connectivity index (χ3v) is 4.31. The number of aromatic nitrogens is 2. The summed E-state index contributed by atoms with van der Waals surface area (Å²) >= 11 is 0. The van der Waals surface area contributed by atoms with Crippen molar-refractivity contribution in [3.05, 3.63) is 83.6 Å². The molecule has 0 unspecified atom stereocenters. The highest BCUT2D eigenvalue weighted by atomic mass is 16.5. The van der Waals surface area contributed by atoms with Gasteiger partial charge in [0.05, 0.1) is 18.8 Å². The van der Waals surface area contributed by atoms with Gasteiger partial charge in [0.15, 0.2) is 0 Å². The van der Waals surface area contributed by atoms with E-state index in [1.807, 2.05) is 76.3 Å². The minimum atomic E-state index is 0.0554. The van der Waals surface area contributed by atoms with Crippen molar-refractivity contribution in [1.29, 1.82) is 0 Å². The first-order valence-electron chi connectivity index (χ1n) is 8.37. The molecule has 0 radical (unpaired) electrons. The molecule has 2 heterocycles. The number of rotatable bonds is 4. The number of carbonyl (C=O) groups excluding carboxylic acids is 1.